The van der Waals surface area contributed by atoms with E-state index in [0.717, 1.165) is 17.2 Å². The van der Waals surface area contributed by atoms with Crippen LogP contribution in [0.3, 0.4) is 0 Å². The van der Waals surface area contributed by atoms with Crippen molar-refractivity contribution >= 4 is 17.5 Å². The zero-order valence-electron chi connectivity index (χ0n) is 10.7. The van der Waals surface area contributed by atoms with Crippen molar-refractivity contribution in [2.45, 2.75) is 13.3 Å². The summed E-state index contributed by atoms with van der Waals surface area (Å²) in [6.45, 7) is 2.58. The highest BCUT2D eigenvalue weighted by Gasteiger charge is 2.11. The van der Waals surface area contributed by atoms with E-state index in [1.54, 1.807) is 7.05 Å². The van der Waals surface area contributed by atoms with Crippen LogP contribution in [0.1, 0.15) is 12.0 Å². The Morgan fingerprint density at radius 2 is 2.12 bits per heavy atom. The van der Waals surface area contributed by atoms with Crippen LogP contribution in [0.25, 0.3) is 0 Å². The van der Waals surface area contributed by atoms with Gasteiger partial charge in [0, 0.05) is 39.7 Å². The molecule has 0 saturated carbocycles. The smallest absolute Gasteiger partial charge is 0.221 e. The van der Waals surface area contributed by atoms with E-state index >= 15 is 0 Å². The number of rotatable bonds is 5. The van der Waals surface area contributed by atoms with Crippen molar-refractivity contribution in [1.29, 1.82) is 0 Å². The quantitative estimate of drug-likeness (QED) is 0.775. The third-order valence-corrected chi connectivity index (χ3v) is 2.61. The van der Waals surface area contributed by atoms with Crippen LogP contribution in [-0.2, 0) is 4.79 Å². The average Bonchev–Trinajstić information content (AvgIpc) is 2.35. The second-order valence-corrected chi connectivity index (χ2v) is 3.77. The lowest BCUT2D eigenvalue weighted by molar-refractivity contribution is -0.120. The summed E-state index contributed by atoms with van der Waals surface area (Å²) in [6.07, 6.45) is 1.97. The molecule has 1 aromatic heterocycles. The molecule has 0 unspecified atom stereocenters. The number of hydrogen-bond acceptors (Lipinski definition) is 5. The summed E-state index contributed by atoms with van der Waals surface area (Å²) in [7, 11) is 5.37. The van der Waals surface area contributed by atoms with Crippen molar-refractivity contribution in [2.75, 3.05) is 37.9 Å². The summed E-state index contributed by atoms with van der Waals surface area (Å²) < 4.78 is 0. The Bertz CT molecular complexity index is 393. The Hall–Kier alpha value is -1.85. The first-order chi connectivity index (χ1) is 8.10. The van der Waals surface area contributed by atoms with Gasteiger partial charge >= 0.3 is 0 Å². The molecule has 0 saturated heterocycles. The predicted octanol–water partition coefficient (Wildman–Crippen LogP) is 0.399. The Morgan fingerprint density at radius 3 is 2.71 bits per heavy atom. The molecule has 1 heterocycles. The van der Waals surface area contributed by atoms with Crippen LogP contribution in [0.4, 0.5) is 11.6 Å². The van der Waals surface area contributed by atoms with E-state index in [-0.39, 0.29) is 5.91 Å². The minimum Gasteiger partial charge on any atom is -0.373 e. The van der Waals surface area contributed by atoms with Crippen LogP contribution in [0.2, 0.25) is 0 Å². The second-order valence-electron chi connectivity index (χ2n) is 3.77. The fourth-order valence-electron chi connectivity index (χ4n) is 1.58. The number of amides is 1. The van der Waals surface area contributed by atoms with Gasteiger partial charge in [-0.1, -0.05) is 0 Å². The molecule has 0 atom stereocenters. The summed E-state index contributed by atoms with van der Waals surface area (Å²) in [6, 6.07) is 0. The van der Waals surface area contributed by atoms with Gasteiger partial charge in [-0.25, -0.2) is 9.97 Å². The van der Waals surface area contributed by atoms with Crippen molar-refractivity contribution in [3.63, 3.8) is 0 Å². The van der Waals surface area contributed by atoms with Crippen LogP contribution in [0, 0.1) is 6.92 Å². The van der Waals surface area contributed by atoms with E-state index in [1.807, 2.05) is 25.9 Å². The largest absolute Gasteiger partial charge is 0.373 e. The topological polar surface area (TPSA) is 70.2 Å². The number of anilines is 2. The minimum absolute atomic E-state index is 0.0254. The highest BCUT2D eigenvalue weighted by molar-refractivity contribution is 5.76. The molecular formula is C11H19N5O. The fraction of sp³-hybridized carbons (Fsp3) is 0.545. The summed E-state index contributed by atoms with van der Waals surface area (Å²) in [4.78, 5) is 21.5. The van der Waals surface area contributed by atoms with Gasteiger partial charge in [0.1, 0.15) is 18.0 Å². The predicted molar refractivity (Wildman–Crippen MR) is 68.3 cm³/mol. The van der Waals surface area contributed by atoms with Crippen molar-refractivity contribution in [3.05, 3.63) is 11.9 Å². The molecule has 1 aromatic rings. The van der Waals surface area contributed by atoms with Crippen LogP contribution in [0.15, 0.2) is 6.33 Å². The van der Waals surface area contributed by atoms with E-state index in [4.69, 9.17) is 0 Å². The van der Waals surface area contributed by atoms with E-state index in [0.29, 0.717) is 13.0 Å². The first kappa shape index (κ1) is 13.2. The molecule has 0 aliphatic rings. The molecule has 0 aliphatic heterocycles. The fourth-order valence-corrected chi connectivity index (χ4v) is 1.58. The van der Waals surface area contributed by atoms with Crippen LogP contribution in [-0.4, -0.2) is 43.6 Å². The zero-order valence-corrected chi connectivity index (χ0v) is 10.7. The SMILES string of the molecule is CNC(=O)CCN(C)c1ncnc(NC)c1C. The molecule has 6 nitrogen and oxygen atoms in total. The highest BCUT2D eigenvalue weighted by atomic mass is 16.1. The lowest BCUT2D eigenvalue weighted by atomic mass is 10.2. The maximum atomic E-state index is 11.2. The number of nitrogens with one attached hydrogen (secondary N) is 2. The molecular weight excluding hydrogens is 218 g/mol. The average molecular weight is 237 g/mol. The minimum atomic E-state index is 0.0254. The van der Waals surface area contributed by atoms with Gasteiger partial charge in [-0.2, -0.15) is 0 Å². The zero-order chi connectivity index (χ0) is 12.8. The van der Waals surface area contributed by atoms with Crippen molar-refractivity contribution in [3.8, 4) is 0 Å². The summed E-state index contributed by atoms with van der Waals surface area (Å²) in [5.74, 6) is 1.67. The number of aromatic nitrogens is 2. The van der Waals surface area contributed by atoms with Gasteiger partial charge < -0.3 is 15.5 Å². The molecule has 0 fully saturated rings. The molecule has 17 heavy (non-hydrogen) atoms. The summed E-state index contributed by atoms with van der Waals surface area (Å²) >= 11 is 0. The molecule has 94 valence electrons. The first-order valence-electron chi connectivity index (χ1n) is 5.51. The Morgan fingerprint density at radius 1 is 1.41 bits per heavy atom. The van der Waals surface area contributed by atoms with Crippen LogP contribution >= 0.6 is 0 Å². The third kappa shape index (κ3) is 3.30. The lowest BCUT2D eigenvalue weighted by Gasteiger charge is -2.20. The van der Waals surface area contributed by atoms with E-state index in [9.17, 15) is 4.79 Å². The van der Waals surface area contributed by atoms with Crippen LogP contribution < -0.4 is 15.5 Å². The molecule has 6 heteroatoms. The summed E-state index contributed by atoms with van der Waals surface area (Å²) in [5.41, 5.74) is 0.981. The van der Waals surface area contributed by atoms with Gasteiger partial charge in [-0.05, 0) is 6.92 Å². The second kappa shape index (κ2) is 6.03. The van der Waals surface area contributed by atoms with E-state index < -0.39 is 0 Å². The Kier molecular flexibility index (Phi) is 4.68. The van der Waals surface area contributed by atoms with Gasteiger partial charge in [0.2, 0.25) is 5.91 Å². The molecule has 0 radical (unpaired) electrons. The monoisotopic (exact) mass is 237 g/mol. The van der Waals surface area contributed by atoms with E-state index in [2.05, 4.69) is 20.6 Å². The maximum Gasteiger partial charge on any atom is 0.221 e. The normalized spacial score (nSPS) is 9.88. The maximum absolute atomic E-state index is 11.2. The Labute approximate surface area is 101 Å². The molecule has 0 bridgehead atoms. The number of hydrogen-bond donors (Lipinski definition) is 2. The lowest BCUT2D eigenvalue weighted by Crippen LogP contribution is -2.27. The van der Waals surface area contributed by atoms with Crippen molar-refractivity contribution in [1.82, 2.24) is 15.3 Å². The summed E-state index contributed by atoms with van der Waals surface area (Å²) in [5, 5.41) is 5.61. The highest BCUT2D eigenvalue weighted by Crippen LogP contribution is 2.20. The van der Waals surface area contributed by atoms with Crippen molar-refractivity contribution < 1.29 is 4.79 Å². The van der Waals surface area contributed by atoms with Gasteiger partial charge in [0.05, 0.1) is 0 Å². The third-order valence-electron chi connectivity index (χ3n) is 2.61. The van der Waals surface area contributed by atoms with Gasteiger partial charge in [0.15, 0.2) is 0 Å². The van der Waals surface area contributed by atoms with Gasteiger partial charge in [-0.15, -0.1) is 0 Å². The number of carbonyl (C=O) groups is 1. The molecule has 1 amide bonds. The molecule has 2 N–H and O–H groups in total. The first-order valence-corrected chi connectivity index (χ1v) is 5.51. The van der Waals surface area contributed by atoms with Gasteiger partial charge in [0.25, 0.3) is 0 Å². The molecule has 0 spiro atoms. The Balaban J connectivity index is 2.75. The van der Waals surface area contributed by atoms with Gasteiger partial charge in [-0.3, -0.25) is 4.79 Å². The van der Waals surface area contributed by atoms with E-state index in [1.165, 1.54) is 6.33 Å². The van der Waals surface area contributed by atoms with Crippen molar-refractivity contribution in [2.24, 2.45) is 0 Å². The molecule has 1 rings (SSSR count). The molecule has 0 aromatic carbocycles. The molecule has 0 aliphatic carbocycles. The standard InChI is InChI=1S/C11H19N5O/c1-8-10(13-3)14-7-15-11(8)16(4)6-5-9(17)12-2/h7H,5-6H2,1-4H3,(H,12,17)(H,13,14,15). The number of nitrogens with zero attached hydrogens (tertiary/aromatic N) is 3. The number of carbonyl (C=O) groups excluding carboxylic acids is 1. The van der Waals surface area contributed by atoms with Crippen LogP contribution in [0.5, 0.6) is 0 Å².